The van der Waals surface area contributed by atoms with Gasteiger partial charge in [-0.3, -0.25) is 0 Å². The fraction of sp³-hybridized carbons (Fsp3) is 0.625. The SMILES string of the molecule is Cc1cc(C)c(C(C)NC2CCN(C)C2)cc1C. The Morgan fingerprint density at radius 3 is 2.44 bits per heavy atom. The van der Waals surface area contributed by atoms with E-state index in [2.05, 4.69) is 57.1 Å². The van der Waals surface area contributed by atoms with Gasteiger partial charge >= 0.3 is 0 Å². The van der Waals surface area contributed by atoms with Gasteiger partial charge in [0.05, 0.1) is 0 Å². The zero-order valence-electron chi connectivity index (χ0n) is 12.4. The van der Waals surface area contributed by atoms with Crippen molar-refractivity contribution in [2.75, 3.05) is 20.1 Å². The predicted octanol–water partition coefficient (Wildman–Crippen LogP) is 2.97. The van der Waals surface area contributed by atoms with Crippen LogP contribution in [0, 0.1) is 20.8 Å². The molecule has 1 aromatic rings. The Kier molecular flexibility index (Phi) is 4.08. The summed E-state index contributed by atoms with van der Waals surface area (Å²) in [5, 5.41) is 3.77. The molecule has 1 aromatic carbocycles. The molecule has 1 fully saturated rings. The maximum absolute atomic E-state index is 3.77. The summed E-state index contributed by atoms with van der Waals surface area (Å²) >= 11 is 0. The normalized spacial score (nSPS) is 22.4. The molecule has 2 rings (SSSR count). The molecule has 2 heteroatoms. The van der Waals surface area contributed by atoms with Gasteiger partial charge in [-0.1, -0.05) is 12.1 Å². The lowest BCUT2D eigenvalue weighted by Crippen LogP contribution is -2.33. The third-order valence-electron chi connectivity index (χ3n) is 4.23. The van der Waals surface area contributed by atoms with Crippen LogP contribution in [0.25, 0.3) is 0 Å². The van der Waals surface area contributed by atoms with Gasteiger partial charge in [0.25, 0.3) is 0 Å². The van der Waals surface area contributed by atoms with Crippen molar-refractivity contribution in [1.29, 1.82) is 0 Å². The topological polar surface area (TPSA) is 15.3 Å². The average Bonchev–Trinajstić information content (AvgIpc) is 2.69. The zero-order valence-corrected chi connectivity index (χ0v) is 12.4. The van der Waals surface area contributed by atoms with E-state index in [1.807, 2.05) is 0 Å². The molecule has 0 amide bonds. The highest BCUT2D eigenvalue weighted by Gasteiger charge is 2.21. The molecule has 1 heterocycles. The Balaban J connectivity index is 2.09. The molecular formula is C16H26N2. The van der Waals surface area contributed by atoms with E-state index < -0.39 is 0 Å². The van der Waals surface area contributed by atoms with Crippen molar-refractivity contribution in [3.8, 4) is 0 Å². The third-order valence-corrected chi connectivity index (χ3v) is 4.23. The molecule has 2 unspecified atom stereocenters. The smallest absolute Gasteiger partial charge is 0.0297 e. The van der Waals surface area contributed by atoms with Crippen molar-refractivity contribution >= 4 is 0 Å². The molecule has 0 saturated carbocycles. The number of nitrogens with one attached hydrogen (secondary N) is 1. The summed E-state index contributed by atoms with van der Waals surface area (Å²) in [6.45, 7) is 11.3. The lowest BCUT2D eigenvalue weighted by atomic mass is 9.96. The van der Waals surface area contributed by atoms with Crippen LogP contribution in [0.1, 0.15) is 41.6 Å². The Hall–Kier alpha value is -0.860. The van der Waals surface area contributed by atoms with Crippen LogP contribution in [0.5, 0.6) is 0 Å². The van der Waals surface area contributed by atoms with Gasteiger partial charge in [0.2, 0.25) is 0 Å². The van der Waals surface area contributed by atoms with E-state index in [1.54, 1.807) is 0 Å². The molecule has 0 spiro atoms. The van der Waals surface area contributed by atoms with Gasteiger partial charge in [0.1, 0.15) is 0 Å². The van der Waals surface area contributed by atoms with Crippen molar-refractivity contribution in [1.82, 2.24) is 10.2 Å². The molecule has 0 aliphatic carbocycles. The van der Waals surface area contributed by atoms with Crippen LogP contribution in [-0.4, -0.2) is 31.1 Å². The summed E-state index contributed by atoms with van der Waals surface area (Å²) in [5.41, 5.74) is 5.65. The van der Waals surface area contributed by atoms with Gasteiger partial charge in [0, 0.05) is 18.6 Å². The summed E-state index contributed by atoms with van der Waals surface area (Å²) in [6, 6.07) is 5.75. The average molecular weight is 246 g/mol. The Morgan fingerprint density at radius 2 is 1.83 bits per heavy atom. The minimum atomic E-state index is 0.445. The van der Waals surface area contributed by atoms with Crippen LogP contribution in [0.15, 0.2) is 12.1 Å². The Labute approximate surface area is 111 Å². The molecule has 1 aliphatic heterocycles. The van der Waals surface area contributed by atoms with Crippen LogP contribution in [0.3, 0.4) is 0 Å². The van der Waals surface area contributed by atoms with E-state index in [1.165, 1.54) is 41.8 Å². The highest BCUT2D eigenvalue weighted by Crippen LogP contribution is 2.23. The van der Waals surface area contributed by atoms with Gasteiger partial charge in [-0.15, -0.1) is 0 Å². The van der Waals surface area contributed by atoms with Gasteiger partial charge in [0.15, 0.2) is 0 Å². The summed E-state index contributed by atoms with van der Waals surface area (Å²) in [5.74, 6) is 0. The summed E-state index contributed by atoms with van der Waals surface area (Å²) in [7, 11) is 2.20. The fourth-order valence-electron chi connectivity index (χ4n) is 2.96. The minimum Gasteiger partial charge on any atom is -0.306 e. The summed E-state index contributed by atoms with van der Waals surface area (Å²) in [4.78, 5) is 2.40. The molecule has 1 aliphatic rings. The first-order valence-electron chi connectivity index (χ1n) is 6.99. The molecule has 0 radical (unpaired) electrons. The number of hydrogen-bond donors (Lipinski definition) is 1. The highest BCUT2D eigenvalue weighted by atomic mass is 15.2. The van der Waals surface area contributed by atoms with Crippen molar-refractivity contribution in [2.45, 2.75) is 46.2 Å². The molecule has 1 saturated heterocycles. The second-order valence-corrected chi connectivity index (χ2v) is 5.93. The third kappa shape index (κ3) is 2.93. The molecule has 18 heavy (non-hydrogen) atoms. The van der Waals surface area contributed by atoms with E-state index in [0.29, 0.717) is 12.1 Å². The maximum Gasteiger partial charge on any atom is 0.0297 e. The van der Waals surface area contributed by atoms with Crippen LogP contribution in [-0.2, 0) is 0 Å². The quantitative estimate of drug-likeness (QED) is 0.882. The first-order chi connectivity index (χ1) is 8.47. The molecular weight excluding hydrogens is 220 g/mol. The second-order valence-electron chi connectivity index (χ2n) is 5.93. The minimum absolute atomic E-state index is 0.445. The van der Waals surface area contributed by atoms with Gasteiger partial charge < -0.3 is 10.2 Å². The van der Waals surface area contributed by atoms with Crippen molar-refractivity contribution < 1.29 is 0 Å². The van der Waals surface area contributed by atoms with E-state index >= 15 is 0 Å². The summed E-state index contributed by atoms with van der Waals surface area (Å²) in [6.07, 6.45) is 1.27. The van der Waals surface area contributed by atoms with Crippen LogP contribution >= 0.6 is 0 Å². The van der Waals surface area contributed by atoms with Crippen LogP contribution in [0.4, 0.5) is 0 Å². The number of aryl methyl sites for hydroxylation is 3. The summed E-state index contributed by atoms with van der Waals surface area (Å²) < 4.78 is 0. The number of hydrogen-bond acceptors (Lipinski definition) is 2. The van der Waals surface area contributed by atoms with Crippen molar-refractivity contribution in [3.05, 3.63) is 34.4 Å². The molecule has 100 valence electrons. The fourth-order valence-corrected chi connectivity index (χ4v) is 2.96. The standard InChI is InChI=1S/C16H26N2/c1-11-8-13(3)16(9-12(11)2)14(4)17-15-6-7-18(5)10-15/h8-9,14-15,17H,6-7,10H2,1-5H3. The van der Waals surface area contributed by atoms with Gasteiger partial charge in [-0.05, 0) is 70.0 Å². The van der Waals surface area contributed by atoms with E-state index in [4.69, 9.17) is 0 Å². The lowest BCUT2D eigenvalue weighted by molar-refractivity contribution is 0.387. The number of rotatable bonds is 3. The lowest BCUT2D eigenvalue weighted by Gasteiger charge is -2.22. The monoisotopic (exact) mass is 246 g/mol. The molecule has 1 N–H and O–H groups in total. The molecule has 0 aromatic heterocycles. The number of benzene rings is 1. The molecule has 0 bridgehead atoms. The Morgan fingerprint density at radius 1 is 1.17 bits per heavy atom. The van der Waals surface area contributed by atoms with Crippen LogP contribution < -0.4 is 5.32 Å². The largest absolute Gasteiger partial charge is 0.306 e. The van der Waals surface area contributed by atoms with Crippen molar-refractivity contribution in [2.24, 2.45) is 0 Å². The van der Waals surface area contributed by atoms with E-state index in [0.717, 1.165) is 0 Å². The molecule has 2 atom stereocenters. The van der Waals surface area contributed by atoms with Gasteiger partial charge in [-0.25, -0.2) is 0 Å². The van der Waals surface area contributed by atoms with Crippen LogP contribution in [0.2, 0.25) is 0 Å². The first-order valence-corrected chi connectivity index (χ1v) is 6.99. The Bertz CT molecular complexity index is 425. The highest BCUT2D eigenvalue weighted by molar-refractivity contribution is 5.38. The first kappa shape index (κ1) is 13.6. The predicted molar refractivity (Wildman–Crippen MR) is 78.1 cm³/mol. The van der Waals surface area contributed by atoms with E-state index in [9.17, 15) is 0 Å². The maximum atomic E-state index is 3.77. The second kappa shape index (κ2) is 5.41. The zero-order chi connectivity index (χ0) is 13.3. The van der Waals surface area contributed by atoms with Crippen molar-refractivity contribution in [3.63, 3.8) is 0 Å². The number of likely N-dealkylation sites (N-methyl/N-ethyl adjacent to an activating group) is 1. The van der Waals surface area contributed by atoms with Gasteiger partial charge in [-0.2, -0.15) is 0 Å². The number of likely N-dealkylation sites (tertiary alicyclic amines) is 1. The molecule has 2 nitrogen and oxygen atoms in total. The number of nitrogens with zero attached hydrogens (tertiary/aromatic N) is 1. The van der Waals surface area contributed by atoms with E-state index in [-0.39, 0.29) is 0 Å².